The second kappa shape index (κ2) is 5.59. The first kappa shape index (κ1) is 14.5. The lowest BCUT2D eigenvalue weighted by Gasteiger charge is -2.48. The summed E-state index contributed by atoms with van der Waals surface area (Å²) >= 11 is 0. The van der Waals surface area contributed by atoms with Gasteiger partial charge in [-0.25, -0.2) is 0 Å². The molecule has 1 aliphatic carbocycles. The maximum absolute atomic E-state index is 11.3. The number of rotatable bonds is 5. The first-order chi connectivity index (χ1) is 8.42. The minimum atomic E-state index is -0.677. The van der Waals surface area contributed by atoms with Gasteiger partial charge >= 0.3 is 0 Å². The third kappa shape index (κ3) is 3.34. The standard InChI is InChI=1S/C14H28N2OS/c1-11(2)13-9-15-14(3,12-5-6-12)10-16(13)7-8-18(4)17/h11-13,15H,5-10H2,1-4H3. The van der Waals surface area contributed by atoms with E-state index in [0.29, 0.717) is 17.5 Å². The number of hydrogen-bond donors (Lipinski definition) is 1. The van der Waals surface area contributed by atoms with Gasteiger partial charge in [0.1, 0.15) is 0 Å². The number of piperazine rings is 1. The van der Waals surface area contributed by atoms with Gasteiger partial charge in [-0.2, -0.15) is 0 Å². The van der Waals surface area contributed by atoms with Crippen LogP contribution in [0.15, 0.2) is 0 Å². The molecule has 0 aromatic heterocycles. The Hall–Kier alpha value is 0.0700. The highest BCUT2D eigenvalue weighted by Crippen LogP contribution is 2.41. The summed E-state index contributed by atoms with van der Waals surface area (Å²) in [5, 5.41) is 3.79. The lowest BCUT2D eigenvalue weighted by Crippen LogP contribution is -2.65. The molecule has 106 valence electrons. The van der Waals surface area contributed by atoms with Crippen LogP contribution in [0.1, 0.15) is 33.6 Å². The third-order valence-electron chi connectivity index (χ3n) is 4.63. The van der Waals surface area contributed by atoms with Crippen molar-refractivity contribution < 1.29 is 4.21 Å². The zero-order valence-electron chi connectivity index (χ0n) is 12.2. The summed E-state index contributed by atoms with van der Waals surface area (Å²) in [6, 6.07) is 0.598. The molecule has 1 saturated heterocycles. The van der Waals surface area contributed by atoms with Crippen molar-refractivity contribution in [1.29, 1.82) is 0 Å². The quantitative estimate of drug-likeness (QED) is 0.822. The molecule has 2 rings (SSSR count). The zero-order chi connectivity index (χ0) is 13.3. The first-order valence-electron chi connectivity index (χ1n) is 7.21. The third-order valence-corrected chi connectivity index (χ3v) is 5.39. The molecule has 2 aliphatic rings. The van der Waals surface area contributed by atoms with Gasteiger partial charge < -0.3 is 5.32 Å². The lowest BCUT2D eigenvalue weighted by molar-refractivity contribution is 0.0578. The van der Waals surface area contributed by atoms with E-state index in [4.69, 9.17) is 0 Å². The van der Waals surface area contributed by atoms with Gasteiger partial charge in [-0.15, -0.1) is 0 Å². The van der Waals surface area contributed by atoms with Crippen molar-refractivity contribution in [2.75, 3.05) is 31.6 Å². The Morgan fingerprint density at radius 3 is 2.61 bits per heavy atom. The molecule has 3 unspecified atom stereocenters. The van der Waals surface area contributed by atoms with Crippen molar-refractivity contribution in [1.82, 2.24) is 10.2 Å². The smallest absolute Gasteiger partial charge is 0.0359 e. The van der Waals surface area contributed by atoms with E-state index < -0.39 is 10.8 Å². The van der Waals surface area contributed by atoms with E-state index in [0.717, 1.165) is 31.3 Å². The van der Waals surface area contributed by atoms with Crippen LogP contribution in [0.3, 0.4) is 0 Å². The second-order valence-electron chi connectivity index (χ2n) is 6.63. The first-order valence-corrected chi connectivity index (χ1v) is 8.94. The van der Waals surface area contributed by atoms with E-state index in [1.165, 1.54) is 12.8 Å². The fraction of sp³-hybridized carbons (Fsp3) is 1.00. The summed E-state index contributed by atoms with van der Waals surface area (Å²) in [5.74, 6) is 2.33. The fourth-order valence-corrected chi connectivity index (χ4v) is 3.70. The highest BCUT2D eigenvalue weighted by atomic mass is 32.2. The molecule has 1 N–H and O–H groups in total. The van der Waals surface area contributed by atoms with Crippen molar-refractivity contribution >= 4 is 10.8 Å². The Balaban J connectivity index is 2.00. The Labute approximate surface area is 114 Å². The summed E-state index contributed by atoms with van der Waals surface area (Å²) < 4.78 is 11.3. The van der Waals surface area contributed by atoms with Crippen LogP contribution < -0.4 is 5.32 Å². The fourth-order valence-electron chi connectivity index (χ4n) is 3.20. The van der Waals surface area contributed by atoms with Gasteiger partial charge in [0.25, 0.3) is 0 Å². The molecule has 4 heteroatoms. The molecule has 3 nitrogen and oxygen atoms in total. The van der Waals surface area contributed by atoms with Crippen LogP contribution in [0, 0.1) is 11.8 Å². The van der Waals surface area contributed by atoms with Gasteiger partial charge in [0, 0.05) is 54.0 Å². The van der Waals surface area contributed by atoms with Crippen LogP contribution in [0.4, 0.5) is 0 Å². The molecule has 1 saturated carbocycles. The van der Waals surface area contributed by atoms with Crippen LogP contribution in [0.25, 0.3) is 0 Å². The molecule has 0 bridgehead atoms. The van der Waals surface area contributed by atoms with Crippen molar-refractivity contribution in [2.45, 2.75) is 45.2 Å². The van der Waals surface area contributed by atoms with Gasteiger partial charge in [-0.1, -0.05) is 13.8 Å². The van der Waals surface area contributed by atoms with E-state index in [1.807, 2.05) is 6.26 Å². The van der Waals surface area contributed by atoms with Gasteiger partial charge in [0.05, 0.1) is 0 Å². The van der Waals surface area contributed by atoms with Crippen LogP contribution in [0.2, 0.25) is 0 Å². The summed E-state index contributed by atoms with van der Waals surface area (Å²) in [7, 11) is -0.677. The van der Waals surface area contributed by atoms with E-state index in [2.05, 4.69) is 31.0 Å². The molecule has 0 aromatic carbocycles. The average Bonchev–Trinajstić information content (AvgIpc) is 3.09. The summed E-state index contributed by atoms with van der Waals surface area (Å²) in [5.41, 5.74) is 0.292. The molecule has 0 radical (unpaired) electrons. The summed E-state index contributed by atoms with van der Waals surface area (Å²) in [6.07, 6.45) is 4.57. The van der Waals surface area contributed by atoms with Gasteiger partial charge in [-0.05, 0) is 31.6 Å². The Morgan fingerprint density at radius 2 is 2.11 bits per heavy atom. The van der Waals surface area contributed by atoms with Crippen molar-refractivity contribution in [2.24, 2.45) is 11.8 Å². The van der Waals surface area contributed by atoms with Gasteiger partial charge in [0.15, 0.2) is 0 Å². The molecule has 2 fully saturated rings. The normalized spacial score (nSPS) is 35.9. The van der Waals surface area contributed by atoms with E-state index in [-0.39, 0.29) is 0 Å². The average molecular weight is 272 g/mol. The topological polar surface area (TPSA) is 32.3 Å². The van der Waals surface area contributed by atoms with Crippen molar-refractivity contribution in [3.63, 3.8) is 0 Å². The lowest BCUT2D eigenvalue weighted by atomic mass is 9.88. The monoisotopic (exact) mass is 272 g/mol. The zero-order valence-corrected chi connectivity index (χ0v) is 13.1. The second-order valence-corrected chi connectivity index (χ2v) is 8.19. The van der Waals surface area contributed by atoms with E-state index in [1.54, 1.807) is 0 Å². The highest BCUT2D eigenvalue weighted by Gasteiger charge is 2.46. The predicted octanol–water partition coefficient (Wildman–Crippen LogP) is 1.46. The SMILES string of the molecule is CC(C)C1CNC(C)(C2CC2)CN1CCS(C)=O. The van der Waals surface area contributed by atoms with Gasteiger partial charge in [0.2, 0.25) is 0 Å². The summed E-state index contributed by atoms with van der Waals surface area (Å²) in [4.78, 5) is 2.58. The minimum Gasteiger partial charge on any atom is -0.308 e. The van der Waals surface area contributed by atoms with E-state index >= 15 is 0 Å². The molecule has 0 spiro atoms. The highest BCUT2D eigenvalue weighted by molar-refractivity contribution is 7.84. The Bertz CT molecular complexity index is 317. The maximum atomic E-state index is 11.3. The molecule has 1 aliphatic heterocycles. The number of nitrogens with one attached hydrogen (secondary N) is 1. The largest absolute Gasteiger partial charge is 0.308 e. The molecule has 18 heavy (non-hydrogen) atoms. The molecular weight excluding hydrogens is 244 g/mol. The van der Waals surface area contributed by atoms with Crippen molar-refractivity contribution in [3.05, 3.63) is 0 Å². The van der Waals surface area contributed by atoms with Crippen molar-refractivity contribution in [3.8, 4) is 0 Å². The van der Waals surface area contributed by atoms with Crippen LogP contribution in [0.5, 0.6) is 0 Å². The van der Waals surface area contributed by atoms with Crippen LogP contribution in [-0.4, -0.2) is 52.3 Å². The molecule has 3 atom stereocenters. The Morgan fingerprint density at radius 1 is 1.44 bits per heavy atom. The van der Waals surface area contributed by atoms with E-state index in [9.17, 15) is 4.21 Å². The minimum absolute atomic E-state index is 0.292. The van der Waals surface area contributed by atoms with Crippen LogP contribution in [-0.2, 0) is 10.8 Å². The molecule has 1 heterocycles. The van der Waals surface area contributed by atoms with Crippen LogP contribution >= 0.6 is 0 Å². The maximum Gasteiger partial charge on any atom is 0.0359 e. The molecular formula is C14H28N2OS. The molecule has 0 amide bonds. The molecule has 0 aromatic rings. The number of hydrogen-bond acceptors (Lipinski definition) is 3. The Kier molecular flexibility index (Phi) is 4.50. The van der Waals surface area contributed by atoms with Gasteiger partial charge in [-0.3, -0.25) is 9.11 Å². The number of nitrogens with zero attached hydrogens (tertiary/aromatic N) is 1. The predicted molar refractivity (Wildman–Crippen MR) is 78.3 cm³/mol. The summed E-state index contributed by atoms with van der Waals surface area (Å²) in [6.45, 7) is 10.1.